The number of hydrogen-bond donors (Lipinski definition) is 1. The highest BCUT2D eigenvalue weighted by molar-refractivity contribution is 7.10. The molecule has 3 rings (SSSR count). The maximum Gasteiger partial charge on any atom is 0.204 e. The van der Waals surface area contributed by atoms with E-state index in [1.54, 1.807) is 16.1 Å². The molecule has 108 valence electrons. The lowest BCUT2D eigenvalue weighted by molar-refractivity contribution is 0.404. The van der Waals surface area contributed by atoms with Crippen molar-refractivity contribution in [1.82, 2.24) is 20.2 Å². The summed E-state index contributed by atoms with van der Waals surface area (Å²) in [4.78, 5) is 2.81. The minimum atomic E-state index is -0.0971. The fraction of sp³-hybridized carbons (Fsp3) is 0.267. The normalized spacial score (nSPS) is 14.0. The molecule has 2 aromatic heterocycles. The Balaban J connectivity index is 1.99. The molecule has 0 saturated carbocycles. The maximum absolute atomic E-state index is 6.15. The fourth-order valence-electron chi connectivity index (χ4n) is 2.29. The van der Waals surface area contributed by atoms with Crippen LogP contribution in [0.1, 0.15) is 23.4 Å². The van der Waals surface area contributed by atoms with Gasteiger partial charge in [-0.15, -0.1) is 21.5 Å². The minimum Gasteiger partial charge on any atom is -0.326 e. The standard InChI is InChI=1S/C15H17N5S/c1-10-8-9-21-14(10)13(11(2)16)20-18-15(17-19-20)12-6-4-3-5-7-12/h3-9,11,13H,16H2,1-2H3. The van der Waals surface area contributed by atoms with Crippen LogP contribution in [0.5, 0.6) is 0 Å². The summed E-state index contributed by atoms with van der Waals surface area (Å²) in [6.07, 6.45) is 0. The second kappa shape index (κ2) is 5.75. The van der Waals surface area contributed by atoms with E-state index in [1.807, 2.05) is 37.3 Å². The highest BCUT2D eigenvalue weighted by Crippen LogP contribution is 2.28. The maximum atomic E-state index is 6.15. The molecule has 0 spiro atoms. The fourth-order valence-corrected chi connectivity index (χ4v) is 3.41. The van der Waals surface area contributed by atoms with E-state index < -0.39 is 0 Å². The second-order valence-corrected chi connectivity index (χ2v) is 6.02. The zero-order valence-corrected chi connectivity index (χ0v) is 12.8. The molecular formula is C15H17N5S. The van der Waals surface area contributed by atoms with Gasteiger partial charge < -0.3 is 5.73 Å². The van der Waals surface area contributed by atoms with Crippen molar-refractivity contribution in [2.45, 2.75) is 25.9 Å². The topological polar surface area (TPSA) is 69.6 Å². The van der Waals surface area contributed by atoms with Crippen LogP contribution < -0.4 is 5.73 Å². The average Bonchev–Trinajstić information content (AvgIpc) is 3.11. The van der Waals surface area contributed by atoms with Crippen LogP contribution in [0.4, 0.5) is 0 Å². The lowest BCUT2D eigenvalue weighted by Crippen LogP contribution is -2.31. The van der Waals surface area contributed by atoms with Crippen molar-refractivity contribution in [1.29, 1.82) is 0 Å². The average molecular weight is 299 g/mol. The molecule has 2 atom stereocenters. The van der Waals surface area contributed by atoms with Gasteiger partial charge in [0.05, 0.1) is 0 Å². The number of nitrogens with two attached hydrogens (primary N) is 1. The van der Waals surface area contributed by atoms with E-state index in [-0.39, 0.29) is 12.1 Å². The highest BCUT2D eigenvalue weighted by Gasteiger charge is 2.24. The summed E-state index contributed by atoms with van der Waals surface area (Å²) >= 11 is 1.68. The van der Waals surface area contributed by atoms with Gasteiger partial charge in [-0.3, -0.25) is 0 Å². The van der Waals surface area contributed by atoms with Crippen LogP contribution in [0, 0.1) is 6.92 Å². The first-order valence-electron chi connectivity index (χ1n) is 6.81. The van der Waals surface area contributed by atoms with Gasteiger partial charge in [-0.2, -0.15) is 4.80 Å². The van der Waals surface area contributed by atoms with E-state index in [0.717, 1.165) is 5.56 Å². The molecule has 2 heterocycles. The molecule has 5 nitrogen and oxygen atoms in total. The number of tetrazole rings is 1. The van der Waals surface area contributed by atoms with E-state index in [4.69, 9.17) is 5.73 Å². The molecule has 0 aliphatic rings. The molecule has 3 aromatic rings. The molecule has 6 heteroatoms. The zero-order valence-electron chi connectivity index (χ0n) is 12.0. The first-order chi connectivity index (χ1) is 10.2. The summed E-state index contributed by atoms with van der Waals surface area (Å²) < 4.78 is 0. The molecule has 0 amide bonds. The summed E-state index contributed by atoms with van der Waals surface area (Å²) in [5, 5.41) is 15.0. The van der Waals surface area contributed by atoms with Crippen LogP contribution in [-0.2, 0) is 0 Å². The van der Waals surface area contributed by atoms with Gasteiger partial charge in [0.1, 0.15) is 6.04 Å². The zero-order chi connectivity index (χ0) is 14.8. The summed E-state index contributed by atoms with van der Waals surface area (Å²) in [5.41, 5.74) is 8.32. The molecule has 0 fully saturated rings. The molecule has 0 radical (unpaired) electrons. The summed E-state index contributed by atoms with van der Waals surface area (Å²) in [7, 11) is 0. The Morgan fingerprint density at radius 1 is 1.19 bits per heavy atom. The van der Waals surface area contributed by atoms with Gasteiger partial charge in [0, 0.05) is 16.5 Å². The number of rotatable bonds is 4. The Bertz CT molecular complexity index is 717. The number of aryl methyl sites for hydroxylation is 1. The smallest absolute Gasteiger partial charge is 0.204 e. The number of aromatic nitrogens is 4. The highest BCUT2D eigenvalue weighted by atomic mass is 32.1. The number of benzene rings is 1. The van der Waals surface area contributed by atoms with E-state index in [1.165, 1.54) is 10.4 Å². The molecule has 0 bridgehead atoms. The van der Waals surface area contributed by atoms with Crippen molar-refractivity contribution < 1.29 is 0 Å². The number of nitrogens with zero attached hydrogens (tertiary/aromatic N) is 4. The predicted octanol–water partition coefficient (Wildman–Crippen LogP) is 2.65. The molecule has 1 aromatic carbocycles. The van der Waals surface area contributed by atoms with Crippen LogP contribution in [0.2, 0.25) is 0 Å². The number of hydrogen-bond acceptors (Lipinski definition) is 5. The SMILES string of the molecule is Cc1ccsc1C(C(C)N)n1nnc(-c2ccccc2)n1. The predicted molar refractivity (Wildman–Crippen MR) is 84.1 cm³/mol. The van der Waals surface area contributed by atoms with Gasteiger partial charge in [-0.1, -0.05) is 30.3 Å². The lowest BCUT2D eigenvalue weighted by Gasteiger charge is -2.18. The van der Waals surface area contributed by atoms with Gasteiger partial charge in [-0.05, 0) is 36.1 Å². The monoisotopic (exact) mass is 299 g/mol. The van der Waals surface area contributed by atoms with Crippen LogP contribution in [0.3, 0.4) is 0 Å². The van der Waals surface area contributed by atoms with Gasteiger partial charge in [0.15, 0.2) is 0 Å². The van der Waals surface area contributed by atoms with Crippen LogP contribution in [-0.4, -0.2) is 26.2 Å². The van der Waals surface area contributed by atoms with Crippen LogP contribution in [0.15, 0.2) is 41.8 Å². The number of thiophene rings is 1. The molecule has 0 saturated heterocycles. The van der Waals surface area contributed by atoms with Gasteiger partial charge in [-0.25, -0.2) is 0 Å². The summed E-state index contributed by atoms with van der Waals surface area (Å²) in [5.74, 6) is 0.621. The molecule has 21 heavy (non-hydrogen) atoms. The van der Waals surface area contributed by atoms with Crippen molar-refractivity contribution in [3.63, 3.8) is 0 Å². The Morgan fingerprint density at radius 2 is 1.95 bits per heavy atom. The lowest BCUT2D eigenvalue weighted by atomic mass is 10.1. The van der Waals surface area contributed by atoms with Gasteiger partial charge in [0.25, 0.3) is 0 Å². The quantitative estimate of drug-likeness (QED) is 0.804. The van der Waals surface area contributed by atoms with Crippen molar-refractivity contribution in [3.05, 3.63) is 52.2 Å². The summed E-state index contributed by atoms with van der Waals surface area (Å²) in [6.45, 7) is 4.05. The first-order valence-corrected chi connectivity index (χ1v) is 7.69. The first kappa shape index (κ1) is 13.9. The van der Waals surface area contributed by atoms with Crippen LogP contribution in [0.25, 0.3) is 11.4 Å². The van der Waals surface area contributed by atoms with Crippen molar-refractivity contribution >= 4 is 11.3 Å². The molecule has 2 unspecified atom stereocenters. The van der Waals surface area contributed by atoms with Gasteiger partial charge in [0.2, 0.25) is 5.82 Å². The molecule has 0 aliphatic heterocycles. The van der Waals surface area contributed by atoms with Gasteiger partial charge >= 0.3 is 0 Å². The van der Waals surface area contributed by atoms with E-state index in [0.29, 0.717) is 5.82 Å². The minimum absolute atomic E-state index is 0.0880. The third-order valence-corrected chi connectivity index (χ3v) is 4.47. The molecule has 2 N–H and O–H groups in total. The van der Waals surface area contributed by atoms with Crippen molar-refractivity contribution in [3.8, 4) is 11.4 Å². The third-order valence-electron chi connectivity index (χ3n) is 3.38. The van der Waals surface area contributed by atoms with E-state index in [9.17, 15) is 0 Å². The van der Waals surface area contributed by atoms with Crippen molar-refractivity contribution in [2.24, 2.45) is 5.73 Å². The molecule has 0 aliphatic carbocycles. The summed E-state index contributed by atoms with van der Waals surface area (Å²) in [6, 6.07) is 11.7. The van der Waals surface area contributed by atoms with Crippen molar-refractivity contribution in [2.75, 3.05) is 0 Å². The Morgan fingerprint density at radius 3 is 2.57 bits per heavy atom. The Kier molecular flexibility index (Phi) is 3.81. The van der Waals surface area contributed by atoms with E-state index >= 15 is 0 Å². The Hall–Kier alpha value is -2.05. The van der Waals surface area contributed by atoms with E-state index in [2.05, 4.69) is 33.8 Å². The molecular weight excluding hydrogens is 282 g/mol. The van der Waals surface area contributed by atoms with Crippen LogP contribution >= 0.6 is 11.3 Å². The Labute approximate surface area is 127 Å². The largest absolute Gasteiger partial charge is 0.326 e. The third kappa shape index (κ3) is 2.72. The second-order valence-electron chi connectivity index (χ2n) is 5.07.